The van der Waals surface area contributed by atoms with E-state index < -0.39 is 0 Å². The summed E-state index contributed by atoms with van der Waals surface area (Å²) in [5, 5.41) is 9.61. The Kier molecular flexibility index (Phi) is 5.43. The molecule has 3 atom stereocenters. The molecule has 1 aliphatic heterocycles. The van der Waals surface area contributed by atoms with Crippen molar-refractivity contribution in [1.29, 1.82) is 0 Å². The number of aliphatic hydroxyl groups is 1. The number of aliphatic imine (C=N–C) groups is 2. The number of aliphatic hydroxyl groups excluding tert-OH is 1. The van der Waals surface area contributed by atoms with Gasteiger partial charge in [-0.05, 0) is 0 Å². The molecule has 0 radical (unpaired) electrons. The standard InChI is InChI=1S/C16H24N8O2/c1-22(2)8-19-11-5-13(26-12(11)6-25)24-10-20-14-15(21-9-23(3)4)17-7-18-16(14)24/h7-13,25H,5-6H2,1-4H3. The summed E-state index contributed by atoms with van der Waals surface area (Å²) in [6, 6.07) is -0.127. The fraction of sp³-hybridized carbons (Fsp3) is 0.562. The zero-order valence-electron chi connectivity index (χ0n) is 15.4. The lowest BCUT2D eigenvalue weighted by molar-refractivity contribution is -0.0232. The molecule has 1 aliphatic rings. The summed E-state index contributed by atoms with van der Waals surface area (Å²) in [4.78, 5) is 25.5. The second-order valence-electron chi connectivity index (χ2n) is 6.57. The van der Waals surface area contributed by atoms with E-state index in [1.165, 1.54) is 6.33 Å². The Bertz CT molecular complexity index is 801. The number of fused-ring (bicyclic) bond motifs is 1. The van der Waals surface area contributed by atoms with Gasteiger partial charge in [0.2, 0.25) is 0 Å². The Morgan fingerprint density at radius 1 is 1.23 bits per heavy atom. The SMILES string of the molecule is CN(C)C=Nc1ncnc2c1ncn2C1CC(N=CN(C)C)C(CO)O1. The van der Waals surface area contributed by atoms with Gasteiger partial charge in [0, 0.05) is 34.6 Å². The minimum absolute atomic E-state index is 0.0913. The molecule has 3 heterocycles. The maximum atomic E-state index is 9.61. The molecule has 0 amide bonds. The first-order valence-electron chi connectivity index (χ1n) is 8.33. The number of hydrogen-bond donors (Lipinski definition) is 1. The van der Waals surface area contributed by atoms with Gasteiger partial charge < -0.3 is 19.6 Å². The number of ether oxygens (including phenoxy) is 1. The van der Waals surface area contributed by atoms with Crippen molar-refractivity contribution in [3.8, 4) is 0 Å². The van der Waals surface area contributed by atoms with Crippen LogP contribution >= 0.6 is 0 Å². The second-order valence-corrected chi connectivity index (χ2v) is 6.57. The minimum Gasteiger partial charge on any atom is -0.394 e. The van der Waals surface area contributed by atoms with Crippen molar-refractivity contribution in [3.63, 3.8) is 0 Å². The van der Waals surface area contributed by atoms with E-state index in [0.717, 1.165) is 0 Å². The van der Waals surface area contributed by atoms with Crippen LogP contribution in [0.2, 0.25) is 0 Å². The minimum atomic E-state index is -0.360. The number of nitrogens with zero attached hydrogens (tertiary/aromatic N) is 8. The van der Waals surface area contributed by atoms with Crippen LogP contribution in [0.5, 0.6) is 0 Å². The van der Waals surface area contributed by atoms with Crippen molar-refractivity contribution in [3.05, 3.63) is 12.7 Å². The molecule has 0 spiro atoms. The molecule has 10 heteroatoms. The highest BCUT2D eigenvalue weighted by Gasteiger charge is 2.36. The van der Waals surface area contributed by atoms with E-state index in [-0.39, 0.29) is 25.0 Å². The molecule has 1 fully saturated rings. The van der Waals surface area contributed by atoms with Crippen molar-refractivity contribution < 1.29 is 9.84 Å². The van der Waals surface area contributed by atoms with Crippen LogP contribution in [0, 0.1) is 0 Å². The topological polar surface area (TPSA) is 104 Å². The molecule has 1 saturated heterocycles. The van der Waals surface area contributed by atoms with Crippen molar-refractivity contribution in [2.75, 3.05) is 34.8 Å². The van der Waals surface area contributed by atoms with E-state index in [4.69, 9.17) is 4.74 Å². The van der Waals surface area contributed by atoms with Gasteiger partial charge in [-0.25, -0.2) is 19.9 Å². The van der Waals surface area contributed by atoms with E-state index in [0.29, 0.717) is 23.4 Å². The highest BCUT2D eigenvalue weighted by atomic mass is 16.5. The van der Waals surface area contributed by atoms with Crippen LogP contribution in [0.25, 0.3) is 11.2 Å². The highest BCUT2D eigenvalue weighted by molar-refractivity contribution is 5.82. The first kappa shape index (κ1) is 18.2. The molecule has 140 valence electrons. The quantitative estimate of drug-likeness (QED) is 0.583. The van der Waals surface area contributed by atoms with Crippen LogP contribution < -0.4 is 0 Å². The Hall–Kier alpha value is -2.59. The molecule has 2 aromatic rings. The Morgan fingerprint density at radius 2 is 2.00 bits per heavy atom. The van der Waals surface area contributed by atoms with Crippen LogP contribution in [0.3, 0.4) is 0 Å². The summed E-state index contributed by atoms with van der Waals surface area (Å²) in [7, 11) is 7.58. The molecular weight excluding hydrogens is 336 g/mol. The van der Waals surface area contributed by atoms with Gasteiger partial charge in [-0.3, -0.25) is 9.56 Å². The first-order chi connectivity index (χ1) is 12.5. The molecule has 10 nitrogen and oxygen atoms in total. The molecule has 26 heavy (non-hydrogen) atoms. The van der Waals surface area contributed by atoms with Gasteiger partial charge in [-0.2, -0.15) is 0 Å². The summed E-state index contributed by atoms with van der Waals surface area (Å²) < 4.78 is 7.83. The third-order valence-electron chi connectivity index (χ3n) is 3.93. The van der Waals surface area contributed by atoms with E-state index >= 15 is 0 Å². The highest BCUT2D eigenvalue weighted by Crippen LogP contribution is 2.33. The zero-order chi connectivity index (χ0) is 18.7. The van der Waals surface area contributed by atoms with E-state index in [2.05, 4.69) is 24.9 Å². The molecule has 3 unspecified atom stereocenters. The monoisotopic (exact) mass is 360 g/mol. The first-order valence-corrected chi connectivity index (χ1v) is 8.33. The maximum Gasteiger partial charge on any atom is 0.184 e. The number of rotatable bonds is 6. The molecule has 0 aromatic carbocycles. The number of aromatic nitrogens is 4. The molecule has 3 rings (SSSR count). The molecule has 1 N–H and O–H groups in total. The van der Waals surface area contributed by atoms with Crippen molar-refractivity contribution in [1.82, 2.24) is 29.3 Å². The second kappa shape index (κ2) is 7.75. The van der Waals surface area contributed by atoms with Crippen LogP contribution in [-0.4, -0.2) is 94.0 Å². The van der Waals surface area contributed by atoms with Gasteiger partial charge >= 0.3 is 0 Å². The smallest absolute Gasteiger partial charge is 0.184 e. The largest absolute Gasteiger partial charge is 0.394 e. The summed E-state index contributed by atoms with van der Waals surface area (Å²) in [6.07, 6.45) is 6.50. The Labute approximate surface area is 151 Å². The van der Waals surface area contributed by atoms with E-state index in [1.54, 1.807) is 19.0 Å². The van der Waals surface area contributed by atoms with Crippen molar-refractivity contribution in [2.24, 2.45) is 9.98 Å². The summed E-state index contributed by atoms with van der Waals surface area (Å²) in [6.45, 7) is -0.0913. The average molecular weight is 360 g/mol. The van der Waals surface area contributed by atoms with Gasteiger partial charge in [0.25, 0.3) is 0 Å². The van der Waals surface area contributed by atoms with Crippen LogP contribution in [0.15, 0.2) is 22.6 Å². The third-order valence-corrected chi connectivity index (χ3v) is 3.93. The Morgan fingerprint density at radius 3 is 2.69 bits per heavy atom. The lowest BCUT2D eigenvalue weighted by atomic mass is 10.1. The van der Waals surface area contributed by atoms with Crippen LogP contribution in [0.4, 0.5) is 5.82 Å². The number of imidazole rings is 1. The molecule has 0 aliphatic carbocycles. The van der Waals surface area contributed by atoms with Crippen LogP contribution in [0.1, 0.15) is 12.6 Å². The molecule has 0 bridgehead atoms. The Balaban J connectivity index is 1.88. The third kappa shape index (κ3) is 3.81. The van der Waals surface area contributed by atoms with Crippen molar-refractivity contribution >= 4 is 29.7 Å². The summed E-state index contributed by atoms with van der Waals surface area (Å²) in [5.74, 6) is 0.501. The molecule has 2 aromatic heterocycles. The lowest BCUT2D eigenvalue weighted by Gasteiger charge is -2.14. The van der Waals surface area contributed by atoms with Gasteiger partial charge in [0.05, 0.1) is 31.7 Å². The average Bonchev–Trinajstić information content (AvgIpc) is 3.21. The van der Waals surface area contributed by atoms with E-state index in [1.807, 2.05) is 42.6 Å². The zero-order valence-corrected chi connectivity index (χ0v) is 15.4. The normalized spacial score (nSPS) is 23.5. The number of hydrogen-bond acceptors (Lipinski definition) is 7. The summed E-state index contributed by atoms with van der Waals surface area (Å²) >= 11 is 0. The fourth-order valence-electron chi connectivity index (χ4n) is 2.74. The van der Waals surface area contributed by atoms with E-state index in [9.17, 15) is 5.11 Å². The van der Waals surface area contributed by atoms with Gasteiger partial charge in [-0.15, -0.1) is 0 Å². The van der Waals surface area contributed by atoms with Crippen molar-refractivity contribution in [2.45, 2.75) is 24.8 Å². The van der Waals surface area contributed by atoms with Gasteiger partial charge in [0.15, 0.2) is 17.0 Å². The predicted octanol–water partition coefficient (Wildman–Crippen LogP) is 0.286. The lowest BCUT2D eigenvalue weighted by Crippen LogP contribution is -2.24. The predicted molar refractivity (Wildman–Crippen MR) is 98.7 cm³/mol. The fourth-order valence-corrected chi connectivity index (χ4v) is 2.74. The summed E-state index contributed by atoms with van der Waals surface area (Å²) in [5.41, 5.74) is 1.25. The molecule has 0 saturated carbocycles. The van der Waals surface area contributed by atoms with Gasteiger partial charge in [-0.1, -0.05) is 0 Å². The van der Waals surface area contributed by atoms with Gasteiger partial charge in [0.1, 0.15) is 18.7 Å². The maximum absolute atomic E-state index is 9.61. The molecular formula is C16H24N8O2. The van der Waals surface area contributed by atoms with Crippen LogP contribution in [-0.2, 0) is 4.74 Å².